The van der Waals surface area contributed by atoms with Crippen LogP contribution in [0.5, 0.6) is 5.75 Å². The number of rotatable bonds is 5. The summed E-state index contributed by atoms with van der Waals surface area (Å²) >= 11 is 1.14. The quantitative estimate of drug-likeness (QED) is 0.350. The number of furan rings is 1. The van der Waals surface area contributed by atoms with Gasteiger partial charge < -0.3 is 9.15 Å². The van der Waals surface area contributed by atoms with E-state index in [0.717, 1.165) is 34.8 Å². The lowest BCUT2D eigenvalue weighted by Gasteiger charge is -2.07. The van der Waals surface area contributed by atoms with Crippen molar-refractivity contribution in [1.82, 2.24) is 14.6 Å². The first-order valence-electron chi connectivity index (χ1n) is 10.2. The Morgan fingerprint density at radius 3 is 2.59 bits per heavy atom. The third-order valence-corrected chi connectivity index (χ3v) is 5.94. The van der Waals surface area contributed by atoms with Crippen molar-refractivity contribution in [3.8, 4) is 28.5 Å². The standard InChI is InChI=1S/C24H16F3N3O3S/c1-2-32-17-8-6-14(7-9-17)21-28-23-30(29-21)22(31)20(34-23)13-18-10-11-19(33-18)15-4-3-5-16(12-15)24(25,26)27/h3-13H,2H2,1H3/b20-13-. The summed E-state index contributed by atoms with van der Waals surface area (Å²) in [7, 11) is 0. The van der Waals surface area contributed by atoms with E-state index in [1.54, 1.807) is 12.1 Å². The Bertz CT molecular complexity index is 1580. The zero-order chi connectivity index (χ0) is 23.9. The summed E-state index contributed by atoms with van der Waals surface area (Å²) in [5.41, 5.74) is -0.0788. The fourth-order valence-corrected chi connectivity index (χ4v) is 4.27. The Morgan fingerprint density at radius 2 is 1.88 bits per heavy atom. The molecule has 2 aromatic carbocycles. The molecule has 34 heavy (non-hydrogen) atoms. The van der Waals surface area contributed by atoms with Crippen LogP contribution < -0.4 is 14.8 Å². The third kappa shape index (κ3) is 4.19. The van der Waals surface area contributed by atoms with Gasteiger partial charge in [-0.1, -0.05) is 23.5 Å². The molecule has 0 saturated carbocycles. The SMILES string of the molecule is CCOc1ccc(-c2nc3s/c(=C\c4ccc(-c5cccc(C(F)(F)F)c5)o4)c(=O)n3n2)cc1. The lowest BCUT2D eigenvalue weighted by Crippen LogP contribution is -2.23. The molecule has 0 atom stereocenters. The van der Waals surface area contributed by atoms with Gasteiger partial charge in [-0.05, 0) is 55.5 Å². The van der Waals surface area contributed by atoms with Gasteiger partial charge in [-0.25, -0.2) is 0 Å². The second-order valence-corrected chi connectivity index (χ2v) is 8.29. The molecule has 0 radical (unpaired) electrons. The van der Waals surface area contributed by atoms with Crippen LogP contribution in [0, 0.1) is 0 Å². The molecule has 3 aromatic heterocycles. The lowest BCUT2D eigenvalue weighted by atomic mass is 10.1. The van der Waals surface area contributed by atoms with Crippen LogP contribution in [-0.2, 0) is 6.18 Å². The summed E-state index contributed by atoms with van der Waals surface area (Å²) in [5.74, 6) is 1.75. The third-order valence-electron chi connectivity index (χ3n) is 4.98. The Morgan fingerprint density at radius 1 is 1.09 bits per heavy atom. The molecule has 5 rings (SSSR count). The van der Waals surface area contributed by atoms with E-state index in [1.807, 2.05) is 31.2 Å². The van der Waals surface area contributed by atoms with Gasteiger partial charge in [0.2, 0.25) is 4.96 Å². The largest absolute Gasteiger partial charge is 0.494 e. The Hall–Kier alpha value is -3.92. The maximum absolute atomic E-state index is 13.0. The van der Waals surface area contributed by atoms with Gasteiger partial charge in [0.1, 0.15) is 21.8 Å². The number of alkyl halides is 3. The van der Waals surface area contributed by atoms with Gasteiger partial charge in [-0.15, -0.1) is 5.10 Å². The number of thiazole rings is 1. The molecule has 0 aliphatic rings. The van der Waals surface area contributed by atoms with E-state index in [1.165, 1.54) is 22.7 Å². The first-order valence-corrected chi connectivity index (χ1v) is 11.1. The lowest BCUT2D eigenvalue weighted by molar-refractivity contribution is -0.137. The van der Waals surface area contributed by atoms with Crippen LogP contribution in [0.3, 0.4) is 0 Å². The van der Waals surface area contributed by atoms with Crippen LogP contribution in [0.4, 0.5) is 13.2 Å². The molecule has 5 aromatic rings. The summed E-state index contributed by atoms with van der Waals surface area (Å²) in [5, 5.41) is 4.31. The molecular weight excluding hydrogens is 467 g/mol. The van der Waals surface area contributed by atoms with Crippen molar-refractivity contribution in [1.29, 1.82) is 0 Å². The van der Waals surface area contributed by atoms with Gasteiger partial charge in [0.25, 0.3) is 5.56 Å². The highest BCUT2D eigenvalue weighted by Crippen LogP contribution is 2.32. The van der Waals surface area contributed by atoms with Crippen LogP contribution >= 0.6 is 11.3 Å². The Balaban J connectivity index is 1.44. The average Bonchev–Trinajstić information content (AvgIpc) is 3.52. The van der Waals surface area contributed by atoms with E-state index >= 15 is 0 Å². The molecule has 3 heterocycles. The topological polar surface area (TPSA) is 69.6 Å². The molecule has 0 amide bonds. The summed E-state index contributed by atoms with van der Waals surface area (Å²) in [4.78, 5) is 17.7. The highest BCUT2D eigenvalue weighted by atomic mass is 32.1. The zero-order valence-electron chi connectivity index (χ0n) is 17.7. The van der Waals surface area contributed by atoms with Gasteiger partial charge in [-0.2, -0.15) is 22.7 Å². The second-order valence-electron chi connectivity index (χ2n) is 7.28. The van der Waals surface area contributed by atoms with Gasteiger partial charge in [0, 0.05) is 17.2 Å². The van der Waals surface area contributed by atoms with Crippen LogP contribution in [0.15, 0.2) is 69.9 Å². The van der Waals surface area contributed by atoms with E-state index in [-0.39, 0.29) is 11.3 Å². The minimum atomic E-state index is -4.45. The maximum atomic E-state index is 13.0. The number of nitrogens with zero attached hydrogens (tertiary/aromatic N) is 3. The minimum Gasteiger partial charge on any atom is -0.494 e. The predicted octanol–water partition coefficient (Wildman–Crippen LogP) is 5.04. The monoisotopic (exact) mass is 483 g/mol. The summed E-state index contributed by atoms with van der Waals surface area (Å²) in [6.07, 6.45) is -2.92. The van der Waals surface area contributed by atoms with Gasteiger partial charge >= 0.3 is 6.18 Å². The van der Waals surface area contributed by atoms with E-state index in [9.17, 15) is 18.0 Å². The van der Waals surface area contributed by atoms with Gasteiger partial charge in [-0.3, -0.25) is 4.79 Å². The van der Waals surface area contributed by atoms with Crippen molar-refractivity contribution in [3.63, 3.8) is 0 Å². The molecule has 6 nitrogen and oxygen atoms in total. The predicted molar refractivity (Wildman–Crippen MR) is 122 cm³/mol. The molecule has 0 bridgehead atoms. The Labute approximate surface area is 194 Å². The summed E-state index contributed by atoms with van der Waals surface area (Å²) in [6.45, 7) is 2.46. The smallest absolute Gasteiger partial charge is 0.416 e. The van der Waals surface area contributed by atoms with Crippen LogP contribution in [0.2, 0.25) is 0 Å². The number of halogens is 3. The number of hydrogen-bond acceptors (Lipinski definition) is 6. The highest BCUT2D eigenvalue weighted by Gasteiger charge is 2.30. The summed E-state index contributed by atoms with van der Waals surface area (Å²) in [6, 6.07) is 15.3. The van der Waals surface area contributed by atoms with E-state index in [4.69, 9.17) is 9.15 Å². The molecule has 172 valence electrons. The fraction of sp³-hybridized carbons (Fsp3) is 0.125. The van der Waals surface area contributed by atoms with Crippen molar-refractivity contribution in [3.05, 3.63) is 86.9 Å². The van der Waals surface area contributed by atoms with Crippen molar-refractivity contribution < 1.29 is 22.3 Å². The molecular formula is C24H16F3N3O3S. The number of ether oxygens (including phenoxy) is 1. The number of benzene rings is 2. The fourth-order valence-electron chi connectivity index (χ4n) is 3.39. The van der Waals surface area contributed by atoms with E-state index in [0.29, 0.717) is 33.2 Å². The first-order chi connectivity index (χ1) is 16.3. The van der Waals surface area contributed by atoms with Crippen molar-refractivity contribution in [2.45, 2.75) is 13.1 Å². The molecule has 0 unspecified atom stereocenters. The van der Waals surface area contributed by atoms with Crippen LogP contribution in [-0.4, -0.2) is 21.2 Å². The molecule has 0 spiro atoms. The van der Waals surface area contributed by atoms with Crippen molar-refractivity contribution >= 4 is 22.4 Å². The molecule has 10 heteroatoms. The molecule has 0 aliphatic carbocycles. The Kier molecular flexibility index (Phi) is 5.45. The van der Waals surface area contributed by atoms with E-state index < -0.39 is 11.7 Å². The highest BCUT2D eigenvalue weighted by molar-refractivity contribution is 7.15. The molecule has 0 fully saturated rings. The van der Waals surface area contributed by atoms with Gasteiger partial charge in [0.05, 0.1) is 12.2 Å². The number of hydrogen-bond donors (Lipinski definition) is 0. The number of aromatic nitrogens is 3. The molecule has 0 saturated heterocycles. The van der Waals surface area contributed by atoms with Gasteiger partial charge in [0.15, 0.2) is 5.82 Å². The maximum Gasteiger partial charge on any atom is 0.416 e. The normalized spacial score (nSPS) is 12.5. The minimum absolute atomic E-state index is 0.266. The first kappa shape index (κ1) is 21.9. The summed E-state index contributed by atoms with van der Waals surface area (Å²) < 4.78 is 51.6. The number of fused-ring (bicyclic) bond motifs is 1. The van der Waals surface area contributed by atoms with Crippen molar-refractivity contribution in [2.24, 2.45) is 0 Å². The molecule has 0 N–H and O–H groups in total. The van der Waals surface area contributed by atoms with Crippen LogP contribution in [0.25, 0.3) is 33.7 Å². The van der Waals surface area contributed by atoms with Crippen LogP contribution in [0.1, 0.15) is 18.2 Å². The van der Waals surface area contributed by atoms with E-state index in [2.05, 4.69) is 10.1 Å². The average molecular weight is 483 g/mol. The zero-order valence-corrected chi connectivity index (χ0v) is 18.5. The molecule has 0 aliphatic heterocycles. The van der Waals surface area contributed by atoms with Crippen molar-refractivity contribution in [2.75, 3.05) is 6.61 Å². The second kappa shape index (κ2) is 8.45.